The molecule has 1 amide bonds. The van der Waals surface area contributed by atoms with Gasteiger partial charge in [-0.3, -0.25) is 14.2 Å². The van der Waals surface area contributed by atoms with Crippen LogP contribution < -0.4 is 0 Å². The zero-order chi connectivity index (χ0) is 25.4. The van der Waals surface area contributed by atoms with Crippen LogP contribution in [0, 0.1) is 5.41 Å². The highest BCUT2D eigenvalue weighted by Gasteiger charge is 2.42. The van der Waals surface area contributed by atoms with Gasteiger partial charge in [0.1, 0.15) is 12.2 Å². The summed E-state index contributed by atoms with van der Waals surface area (Å²) in [5, 5.41) is 0. The summed E-state index contributed by atoms with van der Waals surface area (Å²) in [4.78, 5) is 48.8. The molecule has 2 rings (SSSR count). The summed E-state index contributed by atoms with van der Waals surface area (Å²) in [6.07, 6.45) is 1.33. The molecular formula is C24H36NO8P. The van der Waals surface area contributed by atoms with Gasteiger partial charge in [-0.15, -0.1) is 0 Å². The molecule has 0 aliphatic carbocycles. The maximum atomic E-state index is 12.8. The number of esters is 2. The first-order valence-electron chi connectivity index (χ1n) is 11.4. The molecule has 0 radical (unpaired) electrons. The third kappa shape index (κ3) is 8.85. The van der Waals surface area contributed by atoms with Crippen LogP contribution in [0.1, 0.15) is 45.6 Å². The molecule has 1 saturated heterocycles. The van der Waals surface area contributed by atoms with E-state index in [0.29, 0.717) is 6.42 Å². The minimum atomic E-state index is -3.71. The Hall–Kier alpha value is -2.22. The highest BCUT2D eigenvalue weighted by molar-refractivity contribution is 7.58. The number of carbonyl (C=O) groups excluding carboxylic acids is 3. The first kappa shape index (κ1) is 28.0. The molecule has 9 nitrogen and oxygen atoms in total. The van der Waals surface area contributed by atoms with Crippen LogP contribution in [-0.2, 0) is 39.6 Å². The van der Waals surface area contributed by atoms with E-state index in [1.54, 1.807) is 20.8 Å². The summed E-state index contributed by atoms with van der Waals surface area (Å²) in [5.74, 6) is -1.87. The maximum absolute atomic E-state index is 12.8. The van der Waals surface area contributed by atoms with E-state index in [-0.39, 0.29) is 19.1 Å². The number of rotatable bonds is 11. The zero-order valence-electron chi connectivity index (χ0n) is 20.4. The smallest absolute Gasteiger partial charge is 0.331 e. The first-order valence-corrected chi connectivity index (χ1v) is 13.5. The Kier molecular flexibility index (Phi) is 10.3. The lowest BCUT2D eigenvalue weighted by atomic mass is 9.98. The molecule has 3 atom stereocenters. The summed E-state index contributed by atoms with van der Waals surface area (Å²) in [6.45, 7) is 4.57. The summed E-state index contributed by atoms with van der Waals surface area (Å²) in [6, 6.07) is 8.87. The molecule has 0 spiro atoms. The molecule has 0 bridgehead atoms. The maximum Gasteiger partial charge on any atom is 0.331 e. The normalized spacial score (nSPS) is 20.0. The lowest BCUT2D eigenvalue weighted by molar-refractivity contribution is -0.176. The summed E-state index contributed by atoms with van der Waals surface area (Å²) in [7, 11) is -2.25. The average Bonchev–Trinajstić information content (AvgIpc) is 3.21. The number of ether oxygens (including phenoxy) is 3. The summed E-state index contributed by atoms with van der Waals surface area (Å²) >= 11 is 0. The van der Waals surface area contributed by atoms with Gasteiger partial charge in [-0.1, -0.05) is 30.3 Å². The number of aryl methyl sites for hydroxylation is 1. The number of hydrogen-bond donors (Lipinski definition) is 1. The SMILES string of the molecule is CO[C@H]1C[C@@H](C(=O)OCOC(=O)C(C)(C)C)N(C(=O)CP(=O)(O)CCCCc2ccccc2)C1. The van der Waals surface area contributed by atoms with E-state index in [1.807, 2.05) is 30.3 Å². The van der Waals surface area contributed by atoms with E-state index in [4.69, 9.17) is 14.2 Å². The Morgan fingerprint density at radius 2 is 1.79 bits per heavy atom. The van der Waals surface area contributed by atoms with Gasteiger partial charge < -0.3 is 24.0 Å². The highest BCUT2D eigenvalue weighted by Crippen LogP contribution is 2.42. The van der Waals surface area contributed by atoms with E-state index in [9.17, 15) is 23.8 Å². The first-order chi connectivity index (χ1) is 15.9. The minimum absolute atomic E-state index is 0.0327. The second kappa shape index (κ2) is 12.5. The Balaban J connectivity index is 1.87. The van der Waals surface area contributed by atoms with Gasteiger partial charge in [0.25, 0.3) is 0 Å². The molecule has 1 fully saturated rings. The number of carbonyl (C=O) groups is 3. The zero-order valence-corrected chi connectivity index (χ0v) is 21.3. The number of amides is 1. The van der Waals surface area contributed by atoms with E-state index in [2.05, 4.69) is 0 Å². The topological polar surface area (TPSA) is 119 Å². The fourth-order valence-electron chi connectivity index (χ4n) is 3.63. The molecule has 34 heavy (non-hydrogen) atoms. The number of unbranched alkanes of at least 4 members (excludes halogenated alkanes) is 1. The van der Waals surface area contributed by atoms with Crippen molar-refractivity contribution in [2.24, 2.45) is 5.41 Å². The Morgan fingerprint density at radius 1 is 1.12 bits per heavy atom. The quantitative estimate of drug-likeness (QED) is 0.215. The standard InChI is InChI=1S/C24H36NO8P/c1-24(2,3)23(28)33-17-32-22(27)20-14-19(31-4)15-25(20)21(26)16-34(29,30)13-9-8-12-18-10-6-5-7-11-18/h5-7,10-11,19-20H,8-9,12-17H2,1-4H3,(H,29,30)/t19-,20-/m0/s1. The molecule has 0 aromatic heterocycles. The third-order valence-corrected chi connectivity index (χ3v) is 7.42. The van der Waals surface area contributed by atoms with Crippen molar-refractivity contribution >= 4 is 25.2 Å². The number of methoxy groups -OCH3 is 1. The van der Waals surface area contributed by atoms with E-state index in [0.717, 1.165) is 18.4 Å². The Labute approximate surface area is 201 Å². The predicted octanol–water partition coefficient (Wildman–Crippen LogP) is 2.99. The second-order valence-corrected chi connectivity index (χ2v) is 12.0. The van der Waals surface area contributed by atoms with Crippen molar-refractivity contribution in [1.29, 1.82) is 0 Å². The lowest BCUT2D eigenvalue weighted by Crippen LogP contribution is -2.43. The van der Waals surface area contributed by atoms with E-state index >= 15 is 0 Å². The van der Waals surface area contributed by atoms with Crippen molar-refractivity contribution in [3.05, 3.63) is 35.9 Å². The molecule has 1 N–H and O–H groups in total. The van der Waals surface area contributed by atoms with Crippen LogP contribution in [0.25, 0.3) is 0 Å². The highest BCUT2D eigenvalue weighted by atomic mass is 31.2. The monoisotopic (exact) mass is 497 g/mol. The van der Waals surface area contributed by atoms with Crippen molar-refractivity contribution in [2.45, 2.75) is 58.6 Å². The number of likely N-dealkylation sites (tertiary alicyclic amines) is 1. The van der Waals surface area contributed by atoms with Crippen molar-refractivity contribution in [3.63, 3.8) is 0 Å². The van der Waals surface area contributed by atoms with Gasteiger partial charge in [0.2, 0.25) is 20.1 Å². The summed E-state index contributed by atoms with van der Waals surface area (Å²) < 4.78 is 28.0. The fourth-order valence-corrected chi connectivity index (χ4v) is 5.12. The summed E-state index contributed by atoms with van der Waals surface area (Å²) in [5.41, 5.74) is 0.412. The van der Waals surface area contributed by atoms with Crippen molar-refractivity contribution < 1.29 is 38.1 Å². The van der Waals surface area contributed by atoms with Crippen molar-refractivity contribution in [2.75, 3.05) is 32.8 Å². The van der Waals surface area contributed by atoms with Crippen LogP contribution >= 0.6 is 7.37 Å². The molecule has 10 heteroatoms. The van der Waals surface area contributed by atoms with Crippen LogP contribution in [0.5, 0.6) is 0 Å². The van der Waals surface area contributed by atoms with Crippen LogP contribution in [-0.4, -0.2) is 72.6 Å². The Bertz CT molecular complexity index is 883. The molecule has 1 heterocycles. The molecule has 1 unspecified atom stereocenters. The number of hydrogen-bond acceptors (Lipinski definition) is 7. The predicted molar refractivity (Wildman–Crippen MR) is 126 cm³/mol. The molecule has 1 aromatic carbocycles. The number of nitrogens with zero attached hydrogens (tertiary/aromatic N) is 1. The van der Waals surface area contributed by atoms with Crippen LogP contribution in [0.2, 0.25) is 0 Å². The van der Waals surface area contributed by atoms with Crippen molar-refractivity contribution in [1.82, 2.24) is 4.90 Å². The van der Waals surface area contributed by atoms with Crippen LogP contribution in [0.15, 0.2) is 30.3 Å². The van der Waals surface area contributed by atoms with E-state index < -0.39 is 55.7 Å². The molecule has 1 aliphatic heterocycles. The lowest BCUT2D eigenvalue weighted by Gasteiger charge is -2.24. The van der Waals surface area contributed by atoms with Crippen LogP contribution in [0.3, 0.4) is 0 Å². The van der Waals surface area contributed by atoms with Gasteiger partial charge in [0.05, 0.1) is 11.5 Å². The van der Waals surface area contributed by atoms with Gasteiger partial charge in [0.15, 0.2) is 0 Å². The van der Waals surface area contributed by atoms with Crippen LogP contribution in [0.4, 0.5) is 0 Å². The second-order valence-electron chi connectivity index (χ2n) is 9.59. The largest absolute Gasteiger partial charge is 0.427 e. The van der Waals surface area contributed by atoms with Gasteiger partial charge in [-0.25, -0.2) is 4.79 Å². The molecule has 0 saturated carbocycles. The van der Waals surface area contributed by atoms with Crippen molar-refractivity contribution in [3.8, 4) is 0 Å². The average molecular weight is 498 g/mol. The molecule has 1 aliphatic rings. The fraction of sp³-hybridized carbons (Fsp3) is 0.625. The third-order valence-electron chi connectivity index (χ3n) is 5.64. The molecular weight excluding hydrogens is 461 g/mol. The van der Waals surface area contributed by atoms with E-state index in [1.165, 1.54) is 12.0 Å². The van der Waals surface area contributed by atoms with Gasteiger partial charge in [0, 0.05) is 26.2 Å². The molecule has 190 valence electrons. The van der Waals surface area contributed by atoms with Gasteiger partial charge in [-0.2, -0.15) is 0 Å². The van der Waals surface area contributed by atoms with Gasteiger partial charge in [-0.05, 0) is 45.6 Å². The van der Waals surface area contributed by atoms with Gasteiger partial charge >= 0.3 is 11.9 Å². The molecule has 1 aromatic rings. The Morgan fingerprint density at radius 3 is 2.41 bits per heavy atom. The minimum Gasteiger partial charge on any atom is -0.427 e. The number of benzene rings is 1.